The van der Waals surface area contributed by atoms with E-state index in [4.69, 9.17) is 21.4 Å². The Balaban J connectivity index is 0.000000870. The zero-order chi connectivity index (χ0) is 27.2. The number of carbonyl (C=O) groups is 2. The number of carbonyl (C=O) groups excluding carboxylic acids is 2. The number of methoxy groups -OCH3 is 1. The molecule has 1 aromatic rings. The van der Waals surface area contributed by atoms with Crippen molar-refractivity contribution in [1.82, 2.24) is 5.32 Å². The summed E-state index contributed by atoms with van der Waals surface area (Å²) in [6, 6.07) is 2.69. The van der Waals surface area contributed by atoms with Gasteiger partial charge in [0.25, 0.3) is 0 Å². The molecule has 1 aliphatic rings. The maximum absolute atomic E-state index is 13.2. The second kappa shape index (κ2) is 16.1. The fourth-order valence-electron chi connectivity index (χ4n) is 3.39. The standard InChI is InChI=1S/C17H17ClF3NO2.C7H13NO.CH4O/c1-10(18)7-14(12(3)24-4)11(2)22-16-6-5-13(9-23)8-15(16)17(19,20)21;1-8-4-6-2-7(3-6)5-9;1-2/h5-9,11,22H,1,3H2,2,4H3;5-8H,2-4H2,1H3;2H,1H3/b14-7-;;/t11-;;/m0../s1. The molecule has 196 valence electrons. The van der Waals surface area contributed by atoms with Gasteiger partial charge in [0.2, 0.25) is 0 Å². The number of ether oxygens (including phenoxy) is 1. The van der Waals surface area contributed by atoms with Crippen LogP contribution >= 0.6 is 11.6 Å². The van der Waals surface area contributed by atoms with Crippen molar-refractivity contribution in [1.29, 1.82) is 0 Å². The third-order valence-electron chi connectivity index (χ3n) is 5.16. The number of hydrogen-bond donors (Lipinski definition) is 3. The summed E-state index contributed by atoms with van der Waals surface area (Å²) < 4.78 is 44.6. The van der Waals surface area contributed by atoms with E-state index in [1.807, 2.05) is 7.05 Å². The highest BCUT2D eigenvalue weighted by molar-refractivity contribution is 6.30. The van der Waals surface area contributed by atoms with Crippen LogP contribution in [-0.2, 0) is 15.7 Å². The van der Waals surface area contributed by atoms with Gasteiger partial charge in [-0.05, 0) is 63.6 Å². The van der Waals surface area contributed by atoms with Crippen molar-refractivity contribution in [3.8, 4) is 0 Å². The van der Waals surface area contributed by atoms with Gasteiger partial charge < -0.3 is 25.3 Å². The largest absolute Gasteiger partial charge is 0.497 e. The predicted octanol–water partition coefficient (Wildman–Crippen LogP) is 5.20. The van der Waals surface area contributed by atoms with E-state index in [0.717, 1.165) is 44.8 Å². The van der Waals surface area contributed by atoms with Crippen LogP contribution < -0.4 is 10.6 Å². The van der Waals surface area contributed by atoms with Crippen LogP contribution in [0.4, 0.5) is 18.9 Å². The third kappa shape index (κ3) is 11.1. The maximum atomic E-state index is 13.2. The SMILES string of the molecule is C=C(Cl)/C=C(\C(=C)OC)[C@H](C)Nc1ccc(C=O)cc1C(F)(F)F.CNCC1CC(C=O)C1.CO. The van der Waals surface area contributed by atoms with Gasteiger partial charge in [0, 0.05) is 34.9 Å². The molecular weight excluding hydrogens is 485 g/mol. The van der Waals surface area contributed by atoms with Crippen molar-refractivity contribution in [2.75, 3.05) is 33.1 Å². The van der Waals surface area contributed by atoms with Crippen LogP contribution in [0.2, 0.25) is 0 Å². The van der Waals surface area contributed by atoms with Gasteiger partial charge in [-0.25, -0.2) is 0 Å². The molecule has 0 bridgehead atoms. The molecule has 1 atom stereocenters. The zero-order valence-electron chi connectivity index (χ0n) is 20.4. The lowest BCUT2D eigenvalue weighted by Crippen LogP contribution is -2.32. The number of aldehydes is 2. The molecule has 1 saturated carbocycles. The maximum Gasteiger partial charge on any atom is 0.418 e. The molecule has 0 heterocycles. The molecule has 6 nitrogen and oxygen atoms in total. The van der Waals surface area contributed by atoms with E-state index in [2.05, 4.69) is 23.8 Å². The average molecular weight is 519 g/mol. The minimum absolute atomic E-state index is 0.0632. The molecule has 0 spiro atoms. The Morgan fingerprint density at radius 2 is 1.89 bits per heavy atom. The van der Waals surface area contributed by atoms with Crippen molar-refractivity contribution in [3.05, 3.63) is 64.9 Å². The predicted molar refractivity (Wildman–Crippen MR) is 133 cm³/mol. The summed E-state index contributed by atoms with van der Waals surface area (Å²) in [7, 11) is 4.34. The Labute approximate surface area is 209 Å². The quantitative estimate of drug-likeness (QED) is 0.224. The normalized spacial score (nSPS) is 17.8. The van der Waals surface area contributed by atoms with Crippen LogP contribution in [0.15, 0.2) is 53.8 Å². The van der Waals surface area contributed by atoms with Crippen molar-refractivity contribution < 1.29 is 32.6 Å². The number of aliphatic hydroxyl groups is 1. The first-order valence-electron chi connectivity index (χ1n) is 10.7. The summed E-state index contributed by atoms with van der Waals surface area (Å²) in [5, 5.41) is 13.0. The first kappa shape index (κ1) is 32.4. The van der Waals surface area contributed by atoms with E-state index in [1.165, 1.54) is 25.3 Å². The number of nitrogens with one attached hydrogen (secondary N) is 2. The van der Waals surface area contributed by atoms with Crippen LogP contribution in [0, 0.1) is 11.8 Å². The van der Waals surface area contributed by atoms with Gasteiger partial charge in [-0.15, -0.1) is 0 Å². The van der Waals surface area contributed by atoms with Crippen molar-refractivity contribution in [2.45, 2.75) is 32.0 Å². The summed E-state index contributed by atoms with van der Waals surface area (Å²) in [5.41, 5.74) is -0.724. The molecule has 1 aliphatic carbocycles. The van der Waals surface area contributed by atoms with Gasteiger partial charge >= 0.3 is 6.18 Å². The molecule has 0 saturated heterocycles. The minimum atomic E-state index is -4.61. The zero-order valence-corrected chi connectivity index (χ0v) is 21.2. The van der Waals surface area contributed by atoms with Crippen LogP contribution in [0.1, 0.15) is 35.7 Å². The summed E-state index contributed by atoms with van der Waals surface area (Å²) in [4.78, 5) is 20.8. The van der Waals surface area contributed by atoms with Gasteiger partial charge in [0.1, 0.15) is 18.3 Å². The molecule has 0 aromatic heterocycles. The molecule has 0 radical (unpaired) electrons. The average Bonchev–Trinajstić information content (AvgIpc) is 2.80. The van der Waals surface area contributed by atoms with E-state index in [1.54, 1.807) is 6.92 Å². The third-order valence-corrected chi connectivity index (χ3v) is 5.27. The smallest absolute Gasteiger partial charge is 0.418 e. The van der Waals surface area contributed by atoms with Crippen molar-refractivity contribution in [2.24, 2.45) is 11.8 Å². The molecule has 3 N–H and O–H groups in total. The topological polar surface area (TPSA) is 87.7 Å². The number of rotatable bonds is 10. The minimum Gasteiger partial charge on any atom is -0.497 e. The molecule has 1 aromatic carbocycles. The number of benzene rings is 1. The molecule has 0 amide bonds. The van der Waals surface area contributed by atoms with Crippen LogP contribution in [0.25, 0.3) is 0 Å². The molecular formula is C25H34ClF3N2O4. The Bertz CT molecular complexity index is 882. The van der Waals surface area contributed by atoms with Gasteiger partial charge in [0.15, 0.2) is 0 Å². The molecule has 1 fully saturated rings. The Morgan fingerprint density at radius 3 is 2.31 bits per heavy atom. The van der Waals surface area contributed by atoms with Crippen LogP contribution in [0.5, 0.6) is 0 Å². The number of aliphatic hydroxyl groups excluding tert-OH is 1. The molecule has 35 heavy (non-hydrogen) atoms. The molecule has 2 rings (SSSR count). The second-order valence-corrected chi connectivity index (χ2v) is 8.24. The van der Waals surface area contributed by atoms with Crippen molar-refractivity contribution >= 4 is 29.9 Å². The lowest BCUT2D eigenvalue weighted by atomic mass is 9.76. The Hall–Kier alpha value is -2.62. The highest BCUT2D eigenvalue weighted by Crippen LogP contribution is 2.36. The van der Waals surface area contributed by atoms with Gasteiger partial charge in [-0.1, -0.05) is 24.8 Å². The fraction of sp³-hybridized carbons (Fsp3) is 0.440. The van der Waals surface area contributed by atoms with Crippen LogP contribution in [-0.4, -0.2) is 51.5 Å². The van der Waals surface area contributed by atoms with E-state index < -0.39 is 17.8 Å². The first-order chi connectivity index (χ1) is 16.5. The van der Waals surface area contributed by atoms with Gasteiger partial charge in [-0.3, -0.25) is 4.79 Å². The summed E-state index contributed by atoms with van der Waals surface area (Å²) in [5.74, 6) is 1.39. The lowest BCUT2D eigenvalue weighted by molar-refractivity contribution is -0.137. The monoisotopic (exact) mass is 518 g/mol. The summed E-state index contributed by atoms with van der Waals surface area (Å²) in [6.45, 7) is 9.92. The Morgan fingerprint density at radius 1 is 1.29 bits per heavy atom. The lowest BCUT2D eigenvalue weighted by Gasteiger charge is -2.31. The Kier molecular flexibility index (Phi) is 14.9. The number of allylic oxidation sites excluding steroid dienone is 2. The molecule has 10 heteroatoms. The van der Waals surface area contributed by atoms with Crippen molar-refractivity contribution in [3.63, 3.8) is 0 Å². The van der Waals surface area contributed by atoms with E-state index in [-0.39, 0.29) is 22.0 Å². The second-order valence-electron chi connectivity index (χ2n) is 7.75. The first-order valence-corrected chi connectivity index (χ1v) is 11.1. The highest BCUT2D eigenvalue weighted by atomic mass is 35.5. The van der Waals surface area contributed by atoms with E-state index in [9.17, 15) is 22.8 Å². The van der Waals surface area contributed by atoms with Gasteiger partial charge in [0.05, 0.1) is 18.7 Å². The number of anilines is 1. The summed E-state index contributed by atoms with van der Waals surface area (Å²) >= 11 is 5.75. The van der Waals surface area contributed by atoms with E-state index in [0.29, 0.717) is 17.8 Å². The number of halogens is 4. The fourth-order valence-corrected chi connectivity index (χ4v) is 3.51. The van der Waals surface area contributed by atoms with E-state index >= 15 is 0 Å². The molecule has 0 aliphatic heterocycles. The number of alkyl halides is 3. The number of hydrogen-bond acceptors (Lipinski definition) is 6. The van der Waals surface area contributed by atoms with Gasteiger partial charge in [-0.2, -0.15) is 13.2 Å². The highest BCUT2D eigenvalue weighted by Gasteiger charge is 2.34. The molecule has 0 unspecified atom stereocenters. The van der Waals surface area contributed by atoms with Crippen LogP contribution in [0.3, 0.4) is 0 Å². The summed E-state index contributed by atoms with van der Waals surface area (Å²) in [6.07, 6.45) is 0.482.